The fraction of sp³-hybridized carbons (Fsp3) is 0.111. The second kappa shape index (κ2) is 9.49. The number of hydrogen-bond acceptors (Lipinski definition) is 6. The summed E-state index contributed by atoms with van der Waals surface area (Å²) in [6, 6.07) is 28.2. The lowest BCUT2D eigenvalue weighted by molar-refractivity contribution is 0.120. The Kier molecular flexibility index (Phi) is 6.27. The van der Waals surface area contributed by atoms with Crippen LogP contribution < -0.4 is 29.3 Å². The van der Waals surface area contributed by atoms with Crippen molar-refractivity contribution in [2.75, 3.05) is 20.2 Å². The zero-order valence-corrected chi connectivity index (χ0v) is 20.5. The minimum Gasteiger partial charge on any atom is -0.496 e. The molecule has 1 heterocycles. The van der Waals surface area contributed by atoms with Gasteiger partial charge in [0, 0.05) is 10.5 Å². The quantitative estimate of drug-likeness (QED) is 0.177. The van der Waals surface area contributed by atoms with Gasteiger partial charge in [-0.25, -0.2) is 0 Å². The molecule has 4 aromatic carbocycles. The van der Waals surface area contributed by atoms with Gasteiger partial charge in [-0.05, 0) is 66.4 Å². The van der Waals surface area contributed by atoms with Crippen molar-refractivity contribution >= 4 is 29.7 Å². The molecule has 0 fully saturated rings. The maximum Gasteiger partial charge on any atom is 0.311 e. The van der Waals surface area contributed by atoms with E-state index in [-0.39, 0.29) is 6.79 Å². The molecule has 0 bridgehead atoms. The van der Waals surface area contributed by atoms with Gasteiger partial charge in [-0.2, -0.15) is 0 Å². The summed E-state index contributed by atoms with van der Waals surface area (Å²) in [4.78, 5) is 1.16. The molecule has 1 atom stereocenters. The number of fused-ring (bicyclic) bond motifs is 3. The van der Waals surface area contributed by atoms with Gasteiger partial charge in [0.15, 0.2) is 0 Å². The Labute approximate surface area is 203 Å². The number of rotatable bonds is 7. The van der Waals surface area contributed by atoms with Crippen LogP contribution in [0.3, 0.4) is 0 Å². The lowest BCUT2D eigenvalue weighted by Gasteiger charge is -2.29. The number of methoxy groups -OCH3 is 1. The molecule has 0 aliphatic carbocycles. The van der Waals surface area contributed by atoms with Gasteiger partial charge in [0.2, 0.25) is 6.79 Å². The van der Waals surface area contributed by atoms with Crippen LogP contribution in [0.1, 0.15) is 0 Å². The van der Waals surface area contributed by atoms with Crippen LogP contribution in [0.5, 0.6) is 23.0 Å². The molecular weight excluding hydrogens is 467 g/mol. The average Bonchev–Trinajstić information content (AvgIpc) is 2.89. The fourth-order valence-corrected chi connectivity index (χ4v) is 6.77. The van der Waals surface area contributed by atoms with Gasteiger partial charge in [0.05, 0.1) is 17.7 Å². The van der Waals surface area contributed by atoms with E-state index < -0.39 is 7.37 Å². The SMILES string of the molecule is COc1ccc(OCOc2ccc(SC)cc2)cc1P1(=O)Oc2ccccc2-c2ccccc21. The molecule has 34 heavy (non-hydrogen) atoms. The van der Waals surface area contributed by atoms with E-state index in [1.54, 1.807) is 37.1 Å². The van der Waals surface area contributed by atoms with Crippen LogP contribution in [0.25, 0.3) is 11.1 Å². The van der Waals surface area contributed by atoms with Crippen LogP contribution in [-0.4, -0.2) is 20.2 Å². The Hall–Kier alpha value is -3.34. The summed E-state index contributed by atoms with van der Waals surface area (Å²) in [7, 11) is -1.96. The predicted molar refractivity (Wildman–Crippen MR) is 137 cm³/mol. The number of thioether (sulfide) groups is 1. The molecule has 0 radical (unpaired) electrons. The molecule has 0 N–H and O–H groups in total. The van der Waals surface area contributed by atoms with Gasteiger partial charge >= 0.3 is 7.37 Å². The summed E-state index contributed by atoms with van der Waals surface area (Å²) >= 11 is 1.67. The monoisotopic (exact) mass is 490 g/mol. The molecule has 172 valence electrons. The Morgan fingerprint density at radius 1 is 0.794 bits per heavy atom. The van der Waals surface area contributed by atoms with Gasteiger partial charge < -0.3 is 18.7 Å². The number of hydrogen-bond donors (Lipinski definition) is 0. The van der Waals surface area contributed by atoms with E-state index in [0.717, 1.165) is 16.0 Å². The molecule has 0 spiro atoms. The third-order valence-corrected chi connectivity index (χ3v) is 8.81. The molecular formula is C27H23O5PS. The summed E-state index contributed by atoms with van der Waals surface area (Å²) in [6.07, 6.45) is 2.03. The van der Waals surface area contributed by atoms with Gasteiger partial charge in [-0.3, -0.25) is 4.57 Å². The van der Waals surface area contributed by atoms with Crippen molar-refractivity contribution in [3.05, 3.63) is 91.0 Å². The lowest BCUT2D eigenvalue weighted by Crippen LogP contribution is -2.26. The van der Waals surface area contributed by atoms with E-state index in [2.05, 4.69) is 0 Å². The lowest BCUT2D eigenvalue weighted by atomic mass is 10.0. The molecule has 1 aliphatic heterocycles. The first-order valence-corrected chi connectivity index (χ1v) is 13.5. The van der Waals surface area contributed by atoms with Crippen LogP contribution in [-0.2, 0) is 4.57 Å². The van der Waals surface area contributed by atoms with Crippen LogP contribution in [0.4, 0.5) is 0 Å². The van der Waals surface area contributed by atoms with E-state index in [9.17, 15) is 4.57 Å². The molecule has 1 aliphatic rings. The van der Waals surface area contributed by atoms with Gasteiger partial charge in [0.25, 0.3) is 0 Å². The van der Waals surface area contributed by atoms with Crippen LogP contribution in [0, 0.1) is 0 Å². The highest BCUT2D eigenvalue weighted by Gasteiger charge is 2.40. The Bertz CT molecular complexity index is 1370. The highest BCUT2D eigenvalue weighted by molar-refractivity contribution is 7.98. The van der Waals surface area contributed by atoms with Crippen molar-refractivity contribution in [2.45, 2.75) is 4.90 Å². The van der Waals surface area contributed by atoms with Crippen molar-refractivity contribution < 1.29 is 23.3 Å². The number of para-hydroxylation sites is 1. The predicted octanol–water partition coefficient (Wildman–Crippen LogP) is 6.12. The minimum atomic E-state index is -3.52. The van der Waals surface area contributed by atoms with Gasteiger partial charge in [-0.15, -0.1) is 11.8 Å². The summed E-state index contributed by atoms with van der Waals surface area (Å²) in [6.45, 7) is 0.00889. The molecule has 5 rings (SSSR count). The summed E-state index contributed by atoms with van der Waals surface area (Å²) in [5, 5.41) is 1.08. The smallest absolute Gasteiger partial charge is 0.311 e. The van der Waals surface area contributed by atoms with Gasteiger partial charge in [-0.1, -0.05) is 36.4 Å². The largest absolute Gasteiger partial charge is 0.496 e. The van der Waals surface area contributed by atoms with Crippen LogP contribution in [0.2, 0.25) is 0 Å². The first-order chi connectivity index (χ1) is 16.6. The van der Waals surface area contributed by atoms with Crippen molar-refractivity contribution in [3.63, 3.8) is 0 Å². The maximum atomic E-state index is 14.5. The fourth-order valence-electron chi connectivity index (χ4n) is 3.92. The van der Waals surface area contributed by atoms with E-state index in [1.807, 2.05) is 79.1 Å². The Balaban J connectivity index is 1.46. The second-order valence-corrected chi connectivity index (χ2v) is 10.7. The Morgan fingerprint density at radius 2 is 1.47 bits per heavy atom. The van der Waals surface area contributed by atoms with Crippen LogP contribution in [0.15, 0.2) is 95.9 Å². The maximum absolute atomic E-state index is 14.5. The van der Waals surface area contributed by atoms with E-state index >= 15 is 0 Å². The van der Waals surface area contributed by atoms with E-state index in [1.165, 1.54) is 0 Å². The molecule has 7 heteroatoms. The molecule has 0 amide bonds. The first kappa shape index (κ1) is 22.5. The molecule has 5 nitrogen and oxygen atoms in total. The standard InChI is InChI=1S/C27H23O5PS/c1-29-25-16-13-20(31-18-30-19-11-14-21(34-2)15-12-19)17-27(25)33(28)26-10-6-4-8-23(26)22-7-3-5-9-24(22)32-33/h3-17H,18H2,1-2H3. The van der Waals surface area contributed by atoms with Crippen molar-refractivity contribution in [2.24, 2.45) is 0 Å². The van der Waals surface area contributed by atoms with Gasteiger partial charge in [0.1, 0.15) is 23.0 Å². The molecule has 1 unspecified atom stereocenters. The summed E-state index contributed by atoms with van der Waals surface area (Å²) in [5.74, 6) is 2.26. The van der Waals surface area contributed by atoms with Crippen LogP contribution >= 0.6 is 19.1 Å². The van der Waals surface area contributed by atoms with Crippen molar-refractivity contribution in [1.82, 2.24) is 0 Å². The number of benzene rings is 4. The second-order valence-electron chi connectivity index (χ2n) is 7.57. The zero-order chi connectivity index (χ0) is 23.5. The molecule has 0 aromatic heterocycles. The molecule has 0 saturated heterocycles. The van der Waals surface area contributed by atoms with E-state index in [0.29, 0.717) is 33.6 Å². The normalized spacial score (nSPS) is 16.1. The minimum absolute atomic E-state index is 0.00889. The topological polar surface area (TPSA) is 54.0 Å². The van der Waals surface area contributed by atoms with E-state index in [4.69, 9.17) is 18.7 Å². The third-order valence-electron chi connectivity index (χ3n) is 5.60. The summed E-state index contributed by atoms with van der Waals surface area (Å²) < 4.78 is 37.9. The zero-order valence-electron chi connectivity index (χ0n) is 18.8. The first-order valence-electron chi connectivity index (χ1n) is 10.7. The Morgan fingerprint density at radius 3 is 2.24 bits per heavy atom. The molecule has 4 aromatic rings. The highest BCUT2D eigenvalue weighted by Crippen LogP contribution is 2.55. The molecule has 0 saturated carbocycles. The van der Waals surface area contributed by atoms with Crippen molar-refractivity contribution in [3.8, 4) is 34.1 Å². The number of ether oxygens (including phenoxy) is 3. The average molecular weight is 491 g/mol. The summed E-state index contributed by atoms with van der Waals surface area (Å²) in [5.41, 5.74) is 1.80. The third kappa shape index (κ3) is 4.15. The highest BCUT2D eigenvalue weighted by atomic mass is 32.2. The van der Waals surface area contributed by atoms with Crippen molar-refractivity contribution in [1.29, 1.82) is 0 Å².